The number of nitrogens with one attached hydrogen (secondary N) is 1. The SMILES string of the molecule is COC(=O)c1cc(-c2ccc(C)nn2)n(-c2cccnc2)n1.NNc1cccnc1. The van der Waals surface area contributed by atoms with Crippen molar-refractivity contribution in [1.82, 2.24) is 29.9 Å². The van der Waals surface area contributed by atoms with E-state index in [1.54, 1.807) is 41.6 Å². The molecule has 0 unspecified atom stereocenters. The molecule has 4 aromatic heterocycles. The standard InChI is InChI=1S/C15H13N5O2.C5H7N3/c1-10-5-6-12(18-17-10)14-8-13(15(21)22-2)19-20(14)11-4-3-7-16-9-11;6-8-5-2-1-3-7-4-5/h3-9H,1-2H3;1-4,8H,6H2. The minimum Gasteiger partial charge on any atom is -0.464 e. The first-order valence-electron chi connectivity index (χ1n) is 8.88. The second-order valence-electron chi connectivity index (χ2n) is 5.98. The lowest BCUT2D eigenvalue weighted by atomic mass is 10.2. The Labute approximate surface area is 172 Å². The number of pyridine rings is 2. The normalized spacial score (nSPS) is 9.97. The lowest BCUT2D eigenvalue weighted by Crippen LogP contribution is -2.06. The number of nitrogens with zero attached hydrogens (tertiary/aromatic N) is 6. The molecule has 0 saturated carbocycles. The van der Waals surface area contributed by atoms with Crippen LogP contribution < -0.4 is 11.3 Å². The maximum absolute atomic E-state index is 11.7. The molecule has 0 amide bonds. The summed E-state index contributed by atoms with van der Waals surface area (Å²) in [6.45, 7) is 1.86. The predicted molar refractivity (Wildman–Crippen MR) is 111 cm³/mol. The molecule has 0 aliphatic heterocycles. The van der Waals surface area contributed by atoms with Gasteiger partial charge in [0.05, 0.1) is 42.3 Å². The summed E-state index contributed by atoms with van der Waals surface area (Å²) in [5.41, 5.74) is 6.26. The zero-order valence-electron chi connectivity index (χ0n) is 16.4. The molecular formula is C20H20N8O2. The van der Waals surface area contributed by atoms with Crippen molar-refractivity contribution in [2.24, 2.45) is 5.84 Å². The molecule has 0 spiro atoms. The first-order chi connectivity index (χ1) is 14.6. The number of aryl methyl sites for hydroxylation is 1. The number of ether oxygens (including phenoxy) is 1. The van der Waals surface area contributed by atoms with Gasteiger partial charge in [-0.15, -0.1) is 5.10 Å². The van der Waals surface area contributed by atoms with Gasteiger partial charge in [-0.3, -0.25) is 15.8 Å². The van der Waals surface area contributed by atoms with Gasteiger partial charge in [-0.25, -0.2) is 9.48 Å². The first kappa shape index (κ1) is 20.6. The Bertz CT molecular complexity index is 1080. The Morgan fingerprint density at radius 3 is 2.37 bits per heavy atom. The van der Waals surface area contributed by atoms with E-state index < -0.39 is 5.97 Å². The monoisotopic (exact) mass is 404 g/mol. The van der Waals surface area contributed by atoms with Gasteiger partial charge in [-0.2, -0.15) is 10.2 Å². The molecule has 152 valence electrons. The minimum atomic E-state index is -0.510. The van der Waals surface area contributed by atoms with Crippen molar-refractivity contribution < 1.29 is 9.53 Å². The number of nitrogens with two attached hydrogens (primary N) is 1. The van der Waals surface area contributed by atoms with Crippen LogP contribution in [0.15, 0.2) is 67.3 Å². The molecule has 0 aromatic carbocycles. The highest BCUT2D eigenvalue weighted by atomic mass is 16.5. The average Bonchev–Trinajstić information content (AvgIpc) is 3.26. The summed E-state index contributed by atoms with van der Waals surface area (Å²) in [6.07, 6.45) is 6.67. The summed E-state index contributed by atoms with van der Waals surface area (Å²) in [4.78, 5) is 19.6. The molecule has 0 atom stereocenters. The van der Waals surface area contributed by atoms with Crippen molar-refractivity contribution in [2.45, 2.75) is 6.92 Å². The van der Waals surface area contributed by atoms with Gasteiger partial charge in [0.15, 0.2) is 5.69 Å². The molecule has 30 heavy (non-hydrogen) atoms. The Morgan fingerprint density at radius 1 is 1.07 bits per heavy atom. The van der Waals surface area contributed by atoms with Gasteiger partial charge in [-0.1, -0.05) is 0 Å². The number of rotatable bonds is 4. The maximum atomic E-state index is 11.7. The van der Waals surface area contributed by atoms with Crippen LogP contribution in [0.2, 0.25) is 0 Å². The molecule has 4 rings (SSSR count). The summed E-state index contributed by atoms with van der Waals surface area (Å²) in [6, 6.07) is 12.6. The van der Waals surface area contributed by atoms with E-state index in [1.807, 2.05) is 37.3 Å². The number of hydrogen-bond acceptors (Lipinski definition) is 9. The van der Waals surface area contributed by atoms with E-state index in [0.717, 1.165) is 17.1 Å². The third-order valence-electron chi connectivity index (χ3n) is 3.88. The third-order valence-corrected chi connectivity index (χ3v) is 3.88. The number of hydrazine groups is 1. The fourth-order valence-corrected chi connectivity index (χ4v) is 2.43. The molecule has 10 heteroatoms. The Balaban J connectivity index is 0.000000269. The van der Waals surface area contributed by atoms with Gasteiger partial charge >= 0.3 is 5.97 Å². The fourth-order valence-electron chi connectivity index (χ4n) is 2.43. The quantitative estimate of drug-likeness (QED) is 0.298. The van der Waals surface area contributed by atoms with E-state index in [9.17, 15) is 4.79 Å². The summed E-state index contributed by atoms with van der Waals surface area (Å²) in [5, 5.41) is 12.5. The van der Waals surface area contributed by atoms with Gasteiger partial charge in [0, 0.05) is 18.5 Å². The van der Waals surface area contributed by atoms with Crippen LogP contribution in [0.4, 0.5) is 5.69 Å². The van der Waals surface area contributed by atoms with Gasteiger partial charge in [0.1, 0.15) is 5.69 Å². The van der Waals surface area contributed by atoms with Crippen molar-refractivity contribution in [3.63, 3.8) is 0 Å². The third kappa shape index (κ3) is 5.00. The van der Waals surface area contributed by atoms with E-state index >= 15 is 0 Å². The highest BCUT2D eigenvalue weighted by Gasteiger charge is 2.18. The van der Waals surface area contributed by atoms with Crippen molar-refractivity contribution in [3.8, 4) is 17.1 Å². The van der Waals surface area contributed by atoms with Crippen molar-refractivity contribution in [1.29, 1.82) is 0 Å². The molecule has 0 radical (unpaired) electrons. The molecule has 0 aliphatic rings. The van der Waals surface area contributed by atoms with Crippen LogP contribution in [0, 0.1) is 6.92 Å². The van der Waals surface area contributed by atoms with Crippen LogP contribution in [0.3, 0.4) is 0 Å². The number of hydrogen-bond donors (Lipinski definition) is 2. The number of aromatic nitrogens is 6. The van der Waals surface area contributed by atoms with Gasteiger partial charge < -0.3 is 10.2 Å². The van der Waals surface area contributed by atoms with Crippen LogP contribution in [0.25, 0.3) is 17.1 Å². The van der Waals surface area contributed by atoms with E-state index in [0.29, 0.717) is 11.4 Å². The van der Waals surface area contributed by atoms with Gasteiger partial charge in [0.2, 0.25) is 0 Å². The summed E-state index contributed by atoms with van der Waals surface area (Å²) < 4.78 is 6.32. The second kappa shape index (κ2) is 9.85. The first-order valence-corrected chi connectivity index (χ1v) is 8.88. The number of esters is 1. The van der Waals surface area contributed by atoms with Crippen LogP contribution >= 0.6 is 0 Å². The molecular weight excluding hydrogens is 384 g/mol. The van der Waals surface area contributed by atoms with Crippen molar-refractivity contribution in [2.75, 3.05) is 12.5 Å². The molecule has 0 saturated heterocycles. The van der Waals surface area contributed by atoms with E-state index in [-0.39, 0.29) is 5.69 Å². The molecule has 0 aliphatic carbocycles. The second-order valence-corrected chi connectivity index (χ2v) is 5.98. The number of methoxy groups -OCH3 is 1. The average molecular weight is 404 g/mol. The smallest absolute Gasteiger partial charge is 0.358 e. The molecule has 0 bridgehead atoms. The van der Waals surface area contributed by atoms with E-state index in [1.165, 1.54) is 7.11 Å². The van der Waals surface area contributed by atoms with Gasteiger partial charge in [0.25, 0.3) is 0 Å². The van der Waals surface area contributed by atoms with Crippen molar-refractivity contribution >= 4 is 11.7 Å². The summed E-state index contributed by atoms with van der Waals surface area (Å²) in [5.74, 6) is 4.55. The summed E-state index contributed by atoms with van der Waals surface area (Å²) >= 11 is 0. The van der Waals surface area contributed by atoms with Crippen LogP contribution in [0.1, 0.15) is 16.2 Å². The van der Waals surface area contributed by atoms with E-state index in [2.05, 4.69) is 30.7 Å². The number of carbonyl (C=O) groups is 1. The van der Waals surface area contributed by atoms with E-state index in [4.69, 9.17) is 10.6 Å². The zero-order valence-corrected chi connectivity index (χ0v) is 16.4. The zero-order chi connectivity index (χ0) is 21.3. The highest BCUT2D eigenvalue weighted by Crippen LogP contribution is 2.22. The predicted octanol–water partition coefficient (Wildman–Crippen LogP) is 2.19. The summed E-state index contributed by atoms with van der Waals surface area (Å²) in [7, 11) is 1.32. The Kier molecular flexibility index (Phi) is 6.74. The maximum Gasteiger partial charge on any atom is 0.358 e. The Morgan fingerprint density at radius 2 is 1.83 bits per heavy atom. The van der Waals surface area contributed by atoms with Crippen LogP contribution in [-0.4, -0.2) is 43.0 Å². The largest absolute Gasteiger partial charge is 0.464 e. The number of anilines is 1. The van der Waals surface area contributed by atoms with Gasteiger partial charge in [-0.05, 0) is 43.3 Å². The lowest BCUT2D eigenvalue weighted by molar-refractivity contribution is 0.0593. The molecule has 10 nitrogen and oxygen atoms in total. The molecule has 0 fully saturated rings. The fraction of sp³-hybridized carbons (Fsp3) is 0.100. The number of nitrogen functional groups attached to an aromatic ring is 1. The Hall–Kier alpha value is -4.18. The van der Waals surface area contributed by atoms with Crippen molar-refractivity contribution in [3.05, 3.63) is 78.6 Å². The van der Waals surface area contributed by atoms with Crippen LogP contribution in [0.5, 0.6) is 0 Å². The minimum absolute atomic E-state index is 0.198. The molecule has 3 N–H and O–H groups in total. The highest BCUT2D eigenvalue weighted by molar-refractivity contribution is 5.88. The lowest BCUT2D eigenvalue weighted by Gasteiger charge is -2.05. The number of carbonyl (C=O) groups excluding carboxylic acids is 1. The topological polar surface area (TPSA) is 134 Å². The van der Waals surface area contributed by atoms with Crippen LogP contribution in [-0.2, 0) is 4.74 Å². The molecule has 4 aromatic rings. The molecule has 4 heterocycles.